The lowest BCUT2D eigenvalue weighted by Gasteiger charge is -2.32. The molecule has 8 nitrogen and oxygen atoms in total. The van der Waals surface area contributed by atoms with E-state index in [1.807, 2.05) is 17.0 Å². The number of nitrogens with one attached hydrogen (secondary N) is 1. The summed E-state index contributed by atoms with van der Waals surface area (Å²) in [5.41, 5.74) is -0.463. The highest BCUT2D eigenvalue weighted by molar-refractivity contribution is 8.03. The first-order chi connectivity index (χ1) is 13.1. The summed E-state index contributed by atoms with van der Waals surface area (Å²) in [6.07, 6.45) is 0. The summed E-state index contributed by atoms with van der Waals surface area (Å²) in [6, 6.07) is 5.46. The van der Waals surface area contributed by atoms with Gasteiger partial charge in [0.2, 0.25) is 0 Å². The van der Waals surface area contributed by atoms with Gasteiger partial charge in [0.25, 0.3) is 0 Å². The van der Waals surface area contributed by atoms with E-state index in [4.69, 9.17) is 25.8 Å². The monoisotopic (exact) mass is 415 g/mol. The number of alkyl halides is 1. The molecule has 0 spiro atoms. The van der Waals surface area contributed by atoms with E-state index in [1.54, 1.807) is 19.9 Å². The van der Waals surface area contributed by atoms with Crippen LogP contribution >= 0.6 is 23.5 Å². The molecule has 0 aromatic carbocycles. The molecule has 1 N–H and O–H groups in total. The normalized spacial score (nSPS) is 16.4. The Morgan fingerprint density at radius 3 is 2.70 bits per heavy atom. The first-order valence-electron chi connectivity index (χ1n) is 8.48. The summed E-state index contributed by atoms with van der Waals surface area (Å²) in [4.78, 5) is 30.3. The molecule has 27 heavy (non-hydrogen) atoms. The number of carbonyl (C=O) groups excluding carboxylic acids is 2. The summed E-state index contributed by atoms with van der Waals surface area (Å²) >= 11 is 7.29. The maximum Gasteiger partial charge on any atom is 0.346 e. The number of aromatic nitrogens is 1. The van der Waals surface area contributed by atoms with Gasteiger partial charge in [0.1, 0.15) is 17.1 Å². The molecule has 2 rings (SSSR count). The van der Waals surface area contributed by atoms with Crippen molar-refractivity contribution >= 4 is 47.1 Å². The molecule has 1 atom stereocenters. The molecule has 1 saturated heterocycles. The standard InChI is InChI=1S/C17H22ClN3O5S/c1-3-25-16(22)12(17(23)26-4-2)11-27-20-14-6-5-7-15(19-14)21-8-9-24-10-13(21)18/h5-7,11,13H,3-4,8-10H2,1-2H3,(H,19,20). The van der Waals surface area contributed by atoms with Crippen molar-refractivity contribution < 1.29 is 23.8 Å². The molecule has 0 saturated carbocycles. The Balaban J connectivity index is 2.05. The van der Waals surface area contributed by atoms with Crippen LogP contribution in [-0.2, 0) is 23.8 Å². The predicted molar refractivity (Wildman–Crippen MR) is 105 cm³/mol. The van der Waals surface area contributed by atoms with Crippen LogP contribution < -0.4 is 9.62 Å². The second kappa shape index (κ2) is 11.0. The molecule has 1 aliphatic rings. The molecular weight excluding hydrogens is 394 g/mol. The molecular formula is C17H22ClN3O5S. The SMILES string of the molecule is CCOC(=O)C(=CSNc1cccc(N2CCOCC2Cl)n1)C(=O)OCC. The van der Waals surface area contributed by atoms with Gasteiger partial charge in [-0.1, -0.05) is 17.7 Å². The van der Waals surface area contributed by atoms with Gasteiger partial charge >= 0.3 is 11.9 Å². The van der Waals surface area contributed by atoms with Crippen LogP contribution in [-0.4, -0.2) is 55.4 Å². The van der Waals surface area contributed by atoms with Crippen molar-refractivity contribution in [1.29, 1.82) is 0 Å². The van der Waals surface area contributed by atoms with Gasteiger partial charge in [-0.15, -0.1) is 0 Å². The molecule has 0 bridgehead atoms. The third-order valence-corrected chi connectivity index (χ3v) is 4.47. The van der Waals surface area contributed by atoms with Crippen LogP contribution in [0.25, 0.3) is 0 Å². The highest BCUT2D eigenvalue weighted by Crippen LogP contribution is 2.22. The van der Waals surface area contributed by atoms with Crippen molar-refractivity contribution in [1.82, 2.24) is 4.98 Å². The van der Waals surface area contributed by atoms with E-state index in [0.717, 1.165) is 11.9 Å². The highest BCUT2D eigenvalue weighted by Gasteiger charge is 2.23. The number of hydrogen-bond donors (Lipinski definition) is 1. The molecule has 10 heteroatoms. The lowest BCUT2D eigenvalue weighted by molar-refractivity contribution is -0.146. The van der Waals surface area contributed by atoms with Crippen molar-refractivity contribution in [2.45, 2.75) is 19.3 Å². The van der Waals surface area contributed by atoms with Crippen molar-refractivity contribution in [3.8, 4) is 0 Å². The summed E-state index contributed by atoms with van der Waals surface area (Å²) in [5.74, 6) is -0.199. The van der Waals surface area contributed by atoms with Crippen LogP contribution in [0.3, 0.4) is 0 Å². The first kappa shape index (κ1) is 21.3. The van der Waals surface area contributed by atoms with Crippen molar-refractivity contribution in [2.24, 2.45) is 0 Å². The third kappa shape index (κ3) is 6.30. The predicted octanol–water partition coefficient (Wildman–Crippen LogP) is 2.55. The van der Waals surface area contributed by atoms with Gasteiger partial charge in [0.05, 0.1) is 26.4 Å². The van der Waals surface area contributed by atoms with E-state index in [9.17, 15) is 9.59 Å². The molecule has 1 fully saturated rings. The van der Waals surface area contributed by atoms with Crippen molar-refractivity contribution in [3.05, 3.63) is 29.2 Å². The minimum Gasteiger partial charge on any atom is -0.462 e. The van der Waals surface area contributed by atoms with Crippen LogP contribution in [0.4, 0.5) is 11.6 Å². The fourth-order valence-electron chi connectivity index (χ4n) is 2.22. The van der Waals surface area contributed by atoms with Gasteiger partial charge in [-0.25, -0.2) is 14.6 Å². The Morgan fingerprint density at radius 2 is 2.07 bits per heavy atom. The lowest BCUT2D eigenvalue weighted by atomic mass is 10.3. The smallest absolute Gasteiger partial charge is 0.346 e. The topological polar surface area (TPSA) is 90.0 Å². The Hall–Kier alpha value is -1.97. The van der Waals surface area contributed by atoms with E-state index < -0.39 is 11.9 Å². The Labute approximate surface area is 167 Å². The fraction of sp³-hybridized carbons (Fsp3) is 0.471. The number of nitrogens with zero attached hydrogens (tertiary/aromatic N) is 2. The molecule has 2 heterocycles. The average Bonchev–Trinajstić information content (AvgIpc) is 2.66. The second-order valence-corrected chi connectivity index (χ2v) is 6.46. The minimum absolute atomic E-state index is 0.163. The number of anilines is 2. The maximum atomic E-state index is 11.9. The molecule has 0 radical (unpaired) electrons. The first-order valence-corrected chi connectivity index (χ1v) is 9.80. The van der Waals surface area contributed by atoms with Crippen molar-refractivity contribution in [3.63, 3.8) is 0 Å². The number of carbonyl (C=O) groups is 2. The van der Waals surface area contributed by atoms with Crippen LogP contribution in [0.15, 0.2) is 29.2 Å². The number of rotatable bonds is 8. The molecule has 0 amide bonds. The highest BCUT2D eigenvalue weighted by atomic mass is 35.5. The summed E-state index contributed by atoms with van der Waals surface area (Å²) in [6.45, 7) is 5.32. The van der Waals surface area contributed by atoms with Crippen LogP contribution in [0.2, 0.25) is 0 Å². The Kier molecular flexibility index (Phi) is 8.70. The maximum absolute atomic E-state index is 11.9. The second-order valence-electron chi connectivity index (χ2n) is 5.28. The van der Waals surface area contributed by atoms with Gasteiger partial charge < -0.3 is 23.8 Å². The molecule has 1 aliphatic heterocycles. The van der Waals surface area contributed by atoms with Gasteiger partial charge in [0, 0.05) is 12.0 Å². The largest absolute Gasteiger partial charge is 0.462 e. The zero-order chi connectivity index (χ0) is 19.6. The van der Waals surface area contributed by atoms with Crippen LogP contribution in [0.1, 0.15) is 13.8 Å². The van der Waals surface area contributed by atoms with Gasteiger partial charge in [0.15, 0.2) is 5.57 Å². The number of hydrogen-bond acceptors (Lipinski definition) is 9. The number of morpholine rings is 1. The summed E-state index contributed by atoms with van der Waals surface area (Å²) in [7, 11) is 0. The van der Waals surface area contributed by atoms with E-state index in [-0.39, 0.29) is 24.3 Å². The number of esters is 2. The third-order valence-electron chi connectivity index (χ3n) is 3.43. The van der Waals surface area contributed by atoms with E-state index >= 15 is 0 Å². The average molecular weight is 416 g/mol. The number of pyridine rings is 1. The molecule has 148 valence electrons. The molecule has 1 unspecified atom stereocenters. The Morgan fingerprint density at radius 1 is 1.37 bits per heavy atom. The molecule has 1 aromatic heterocycles. The number of ether oxygens (including phenoxy) is 3. The van der Waals surface area contributed by atoms with E-state index in [0.29, 0.717) is 31.4 Å². The Bertz CT molecular complexity index is 668. The van der Waals surface area contributed by atoms with Gasteiger partial charge in [-0.05, 0) is 37.9 Å². The van der Waals surface area contributed by atoms with E-state index in [2.05, 4.69) is 9.71 Å². The van der Waals surface area contributed by atoms with Gasteiger partial charge in [-0.2, -0.15) is 0 Å². The molecule has 1 aromatic rings. The van der Waals surface area contributed by atoms with Gasteiger partial charge in [-0.3, -0.25) is 0 Å². The minimum atomic E-state index is -0.731. The lowest BCUT2D eigenvalue weighted by Crippen LogP contribution is -2.42. The van der Waals surface area contributed by atoms with E-state index in [1.165, 1.54) is 5.41 Å². The van der Waals surface area contributed by atoms with Crippen molar-refractivity contribution in [2.75, 3.05) is 42.6 Å². The summed E-state index contributed by atoms with van der Waals surface area (Å²) in [5, 5.41) is 1.35. The summed E-state index contributed by atoms with van der Waals surface area (Å²) < 4.78 is 18.1. The zero-order valence-electron chi connectivity index (χ0n) is 15.1. The van der Waals surface area contributed by atoms with Crippen LogP contribution in [0.5, 0.6) is 0 Å². The van der Waals surface area contributed by atoms with Crippen LogP contribution in [0, 0.1) is 0 Å². The fourth-order valence-corrected chi connectivity index (χ4v) is 3.11. The zero-order valence-corrected chi connectivity index (χ0v) is 16.7. The quantitative estimate of drug-likeness (QED) is 0.131. The number of halogens is 1. The molecule has 0 aliphatic carbocycles.